The van der Waals surface area contributed by atoms with E-state index in [0.29, 0.717) is 5.56 Å². The topological polar surface area (TPSA) is 55.2 Å². The van der Waals surface area contributed by atoms with Gasteiger partial charge in [-0.05, 0) is 6.07 Å². The van der Waals surface area contributed by atoms with Gasteiger partial charge in [-0.2, -0.15) is 18.2 Å². The molecule has 0 atom stereocenters. The number of nitrogens with zero attached hydrogens (tertiary/aromatic N) is 2. The predicted molar refractivity (Wildman–Crippen MR) is 64.5 cm³/mol. The Kier molecular flexibility index (Phi) is 4.10. The van der Waals surface area contributed by atoms with E-state index in [-0.39, 0.29) is 23.4 Å². The second-order valence-electron chi connectivity index (χ2n) is 3.72. The molecule has 4 nitrogen and oxygen atoms in total. The molecule has 8 heteroatoms. The Morgan fingerprint density at radius 1 is 1.20 bits per heavy atom. The average Bonchev–Trinajstić information content (AvgIpc) is 2.37. The van der Waals surface area contributed by atoms with Gasteiger partial charge in [-0.3, -0.25) is 0 Å². The number of rotatable bonds is 3. The van der Waals surface area contributed by atoms with E-state index in [9.17, 15) is 13.2 Å². The Labute approximate surface area is 116 Å². The summed E-state index contributed by atoms with van der Waals surface area (Å²) in [6.45, 7) is -0.318. The highest BCUT2D eigenvalue weighted by Gasteiger charge is 2.35. The van der Waals surface area contributed by atoms with Gasteiger partial charge < -0.3 is 9.84 Å². The Bertz CT molecular complexity index is 620. The number of aliphatic hydroxyl groups is 1. The zero-order valence-corrected chi connectivity index (χ0v) is 10.6. The summed E-state index contributed by atoms with van der Waals surface area (Å²) >= 11 is 5.52. The summed E-state index contributed by atoms with van der Waals surface area (Å²) < 4.78 is 42.9. The Hall–Kier alpha value is -1.86. The van der Waals surface area contributed by atoms with Gasteiger partial charge >= 0.3 is 6.18 Å². The van der Waals surface area contributed by atoms with Gasteiger partial charge in [0.15, 0.2) is 0 Å². The third-order valence-electron chi connectivity index (χ3n) is 2.28. The molecule has 0 saturated heterocycles. The predicted octanol–water partition coefficient (Wildman–Crippen LogP) is 3.43. The van der Waals surface area contributed by atoms with Crippen LogP contribution in [-0.4, -0.2) is 15.1 Å². The van der Waals surface area contributed by atoms with Gasteiger partial charge in [-0.15, -0.1) is 0 Å². The minimum absolute atomic E-state index is 0.192. The lowest BCUT2D eigenvalue weighted by molar-refractivity contribution is -0.145. The quantitative estimate of drug-likeness (QED) is 0.883. The summed E-state index contributed by atoms with van der Waals surface area (Å²) in [7, 11) is 0. The molecule has 1 aromatic heterocycles. The molecule has 1 aromatic carbocycles. The van der Waals surface area contributed by atoms with Crippen LogP contribution in [0.2, 0.25) is 5.15 Å². The van der Waals surface area contributed by atoms with E-state index in [1.807, 2.05) is 0 Å². The first-order valence-electron chi connectivity index (χ1n) is 5.38. The third-order valence-corrected chi connectivity index (χ3v) is 2.48. The van der Waals surface area contributed by atoms with Crippen LogP contribution in [0, 0.1) is 0 Å². The summed E-state index contributed by atoms with van der Waals surface area (Å²) in [5.41, 5.74) is 0.413. The molecule has 0 unspecified atom stereocenters. The second-order valence-corrected chi connectivity index (χ2v) is 4.11. The van der Waals surface area contributed by atoms with E-state index in [2.05, 4.69) is 9.97 Å². The van der Waals surface area contributed by atoms with Gasteiger partial charge in [0.2, 0.25) is 11.7 Å². The van der Waals surface area contributed by atoms with E-state index in [1.165, 1.54) is 6.07 Å². The number of aliphatic hydroxyl groups excluding tert-OH is 1. The molecule has 1 heterocycles. The lowest BCUT2D eigenvalue weighted by Gasteiger charge is -2.11. The summed E-state index contributed by atoms with van der Waals surface area (Å²) in [6.07, 6.45) is -4.72. The number of hydrogen-bond acceptors (Lipinski definition) is 4. The van der Waals surface area contributed by atoms with E-state index >= 15 is 0 Å². The maximum absolute atomic E-state index is 12.6. The molecule has 0 saturated carbocycles. The second kappa shape index (κ2) is 5.64. The van der Waals surface area contributed by atoms with Crippen molar-refractivity contribution in [1.82, 2.24) is 9.97 Å². The van der Waals surface area contributed by atoms with Gasteiger partial charge in [0.25, 0.3) is 0 Å². The first kappa shape index (κ1) is 14.5. The van der Waals surface area contributed by atoms with Crippen LogP contribution in [0.4, 0.5) is 13.2 Å². The highest BCUT2D eigenvalue weighted by atomic mass is 35.5. The zero-order chi connectivity index (χ0) is 14.8. The van der Waals surface area contributed by atoms with Crippen molar-refractivity contribution in [2.24, 2.45) is 0 Å². The Morgan fingerprint density at radius 2 is 1.90 bits per heavy atom. The number of aromatic nitrogens is 2. The van der Waals surface area contributed by atoms with Gasteiger partial charge in [-0.25, -0.2) is 4.98 Å². The number of halogens is 4. The molecule has 0 fully saturated rings. The van der Waals surface area contributed by atoms with Gasteiger partial charge in [0.1, 0.15) is 10.9 Å². The minimum atomic E-state index is -4.72. The van der Waals surface area contributed by atoms with Crippen LogP contribution in [0.15, 0.2) is 30.3 Å². The summed E-state index contributed by atoms with van der Waals surface area (Å²) in [5.74, 6) is -1.54. The van der Waals surface area contributed by atoms with Crippen LogP contribution in [0.1, 0.15) is 11.4 Å². The monoisotopic (exact) mass is 304 g/mol. The number of benzene rings is 1. The van der Waals surface area contributed by atoms with Gasteiger partial charge in [0, 0.05) is 11.6 Å². The molecule has 20 heavy (non-hydrogen) atoms. The standard InChI is InChI=1S/C12H8ClF3N2O2/c13-9-5-10(18-11(17-9)12(14,15)16)20-8-4-2-1-3-7(8)6-19/h1-5,19H,6H2. The molecule has 0 aliphatic rings. The summed E-state index contributed by atoms with van der Waals surface area (Å²) in [4.78, 5) is 6.34. The van der Waals surface area contributed by atoms with Crippen molar-refractivity contribution in [3.8, 4) is 11.6 Å². The lowest BCUT2D eigenvalue weighted by Crippen LogP contribution is -2.11. The van der Waals surface area contributed by atoms with Crippen molar-refractivity contribution in [3.05, 3.63) is 46.9 Å². The minimum Gasteiger partial charge on any atom is -0.438 e. The molecule has 2 rings (SSSR count). The summed E-state index contributed by atoms with van der Waals surface area (Å²) in [6, 6.07) is 7.40. The Balaban J connectivity index is 2.36. The fourth-order valence-corrected chi connectivity index (χ4v) is 1.60. The highest BCUT2D eigenvalue weighted by molar-refractivity contribution is 6.29. The van der Waals surface area contributed by atoms with Crippen molar-refractivity contribution < 1.29 is 23.0 Å². The van der Waals surface area contributed by atoms with Crippen LogP contribution in [0.3, 0.4) is 0 Å². The third kappa shape index (κ3) is 3.37. The van der Waals surface area contributed by atoms with Crippen LogP contribution >= 0.6 is 11.6 Å². The maximum Gasteiger partial charge on any atom is 0.451 e. The summed E-state index contributed by atoms with van der Waals surface area (Å²) in [5, 5.41) is 8.73. The largest absolute Gasteiger partial charge is 0.451 e. The fourth-order valence-electron chi connectivity index (χ4n) is 1.42. The lowest BCUT2D eigenvalue weighted by atomic mass is 10.2. The average molecular weight is 305 g/mol. The van der Waals surface area contributed by atoms with Gasteiger partial charge in [-0.1, -0.05) is 29.8 Å². The normalized spacial score (nSPS) is 11.4. The molecule has 0 amide bonds. The molecule has 106 valence electrons. The number of ether oxygens (including phenoxy) is 1. The molecule has 2 aromatic rings. The molecule has 1 N–H and O–H groups in total. The number of para-hydroxylation sites is 1. The molecule has 0 aliphatic heterocycles. The van der Waals surface area contributed by atoms with Crippen LogP contribution in [0.5, 0.6) is 11.6 Å². The maximum atomic E-state index is 12.6. The van der Waals surface area contributed by atoms with E-state index in [4.69, 9.17) is 21.4 Å². The van der Waals surface area contributed by atoms with E-state index in [1.54, 1.807) is 18.2 Å². The van der Waals surface area contributed by atoms with E-state index < -0.39 is 12.0 Å². The smallest absolute Gasteiger partial charge is 0.438 e. The molecule has 0 spiro atoms. The SMILES string of the molecule is OCc1ccccc1Oc1cc(Cl)nc(C(F)(F)F)n1. The fraction of sp³-hybridized carbons (Fsp3) is 0.167. The van der Waals surface area contributed by atoms with Crippen molar-refractivity contribution in [3.63, 3.8) is 0 Å². The first-order valence-corrected chi connectivity index (χ1v) is 5.76. The first-order chi connectivity index (χ1) is 9.40. The molecular weight excluding hydrogens is 297 g/mol. The van der Waals surface area contributed by atoms with Crippen LogP contribution in [0.25, 0.3) is 0 Å². The Morgan fingerprint density at radius 3 is 2.55 bits per heavy atom. The molecule has 0 bridgehead atoms. The van der Waals surface area contributed by atoms with E-state index in [0.717, 1.165) is 6.07 Å². The number of hydrogen-bond donors (Lipinski definition) is 1. The van der Waals surface area contributed by atoms with Crippen molar-refractivity contribution >= 4 is 11.6 Å². The van der Waals surface area contributed by atoms with Crippen LogP contribution in [-0.2, 0) is 12.8 Å². The van der Waals surface area contributed by atoms with Crippen molar-refractivity contribution in [2.45, 2.75) is 12.8 Å². The van der Waals surface area contributed by atoms with Crippen molar-refractivity contribution in [1.29, 1.82) is 0 Å². The van der Waals surface area contributed by atoms with Crippen LogP contribution < -0.4 is 4.74 Å². The number of alkyl halides is 3. The molecular formula is C12H8ClF3N2O2. The molecule has 0 radical (unpaired) electrons. The highest BCUT2D eigenvalue weighted by Crippen LogP contribution is 2.31. The van der Waals surface area contributed by atoms with Crippen molar-refractivity contribution in [2.75, 3.05) is 0 Å². The van der Waals surface area contributed by atoms with Gasteiger partial charge in [0.05, 0.1) is 6.61 Å². The zero-order valence-electron chi connectivity index (χ0n) is 9.86. The molecule has 0 aliphatic carbocycles.